The third kappa shape index (κ3) is 3.81. The quantitative estimate of drug-likeness (QED) is 0.502. The predicted molar refractivity (Wildman–Crippen MR) is 105 cm³/mol. The van der Waals surface area contributed by atoms with Crippen molar-refractivity contribution in [1.82, 2.24) is 9.97 Å². The van der Waals surface area contributed by atoms with Crippen molar-refractivity contribution in [3.8, 4) is 0 Å². The van der Waals surface area contributed by atoms with Gasteiger partial charge in [0, 0.05) is 12.6 Å². The Morgan fingerprint density at radius 2 is 1.93 bits per heavy atom. The Bertz CT molecular complexity index is 906. The fourth-order valence-electron chi connectivity index (χ4n) is 3.83. The van der Waals surface area contributed by atoms with Crippen LogP contribution in [0.3, 0.4) is 0 Å². The number of rotatable bonds is 6. The van der Waals surface area contributed by atoms with Gasteiger partial charge in [0.05, 0.1) is 26.3 Å². The van der Waals surface area contributed by atoms with E-state index in [9.17, 15) is 9.59 Å². The average Bonchev–Trinajstić information content (AvgIpc) is 3.35. The maximum Gasteiger partial charge on any atom is 0.312 e. The molecule has 5 nitrogen and oxygen atoms in total. The van der Waals surface area contributed by atoms with Crippen LogP contribution in [0.25, 0.3) is 10.2 Å². The third-order valence-corrected chi connectivity index (χ3v) is 6.34. The van der Waals surface area contributed by atoms with Crippen LogP contribution in [0.5, 0.6) is 0 Å². The van der Waals surface area contributed by atoms with Gasteiger partial charge in [-0.2, -0.15) is 0 Å². The molecule has 4 rings (SSSR count). The van der Waals surface area contributed by atoms with Crippen molar-refractivity contribution in [2.75, 3.05) is 6.61 Å². The average molecular weight is 382 g/mol. The summed E-state index contributed by atoms with van der Waals surface area (Å²) in [7, 11) is 0. The molecule has 2 aromatic heterocycles. The first-order valence-corrected chi connectivity index (χ1v) is 10.2. The number of hydrogen-bond donors (Lipinski definition) is 1. The summed E-state index contributed by atoms with van der Waals surface area (Å²) in [5.74, 6) is -0.472. The van der Waals surface area contributed by atoms with Crippen molar-refractivity contribution in [3.63, 3.8) is 0 Å². The largest absolute Gasteiger partial charge is 0.457 e. The van der Waals surface area contributed by atoms with E-state index in [0.717, 1.165) is 47.3 Å². The highest BCUT2D eigenvalue weighted by atomic mass is 32.1. The number of carbonyl (C=O) groups is 2. The molecule has 0 aliphatic heterocycles. The highest BCUT2D eigenvalue weighted by molar-refractivity contribution is 7.18. The molecule has 0 bridgehead atoms. The Balaban J connectivity index is 1.50. The predicted octanol–water partition coefficient (Wildman–Crippen LogP) is 4.54. The van der Waals surface area contributed by atoms with Gasteiger partial charge < -0.3 is 9.72 Å². The fourth-order valence-corrected chi connectivity index (χ4v) is 4.94. The van der Waals surface area contributed by atoms with E-state index in [0.29, 0.717) is 12.1 Å². The van der Waals surface area contributed by atoms with Gasteiger partial charge >= 0.3 is 5.97 Å². The maximum atomic E-state index is 13.0. The lowest BCUT2D eigenvalue weighted by atomic mass is 9.72. The molecule has 1 aromatic carbocycles. The number of Topliss-reactive ketones (excluding diaryl/α,β-unsaturated/α-hetero) is 1. The normalized spacial score (nSPS) is 16.3. The molecule has 0 spiro atoms. The van der Waals surface area contributed by atoms with Gasteiger partial charge in [0.1, 0.15) is 0 Å². The molecule has 3 aromatic rings. The highest BCUT2D eigenvalue weighted by Crippen LogP contribution is 2.41. The van der Waals surface area contributed by atoms with Gasteiger partial charge in [0.2, 0.25) is 5.78 Å². The van der Waals surface area contributed by atoms with Crippen LogP contribution in [0.2, 0.25) is 0 Å². The molecule has 0 radical (unpaired) electrons. The Kier molecular flexibility index (Phi) is 5.07. The number of nitrogens with zero attached hydrogens (tertiary/aromatic N) is 1. The van der Waals surface area contributed by atoms with Crippen molar-refractivity contribution in [3.05, 3.63) is 53.3 Å². The standard InChI is InChI=1S/C21H22N2O3S/c24-17(15-8-6-12-22-15)14-26-20(25)21(10-4-1-5-11-21)13-19-23-16-7-2-3-9-18(16)27-19/h2-3,6-9,12,22H,1,4-5,10-11,13-14H2. The van der Waals surface area contributed by atoms with E-state index in [2.05, 4.69) is 11.1 Å². The number of hydrogen-bond acceptors (Lipinski definition) is 5. The minimum Gasteiger partial charge on any atom is -0.457 e. The lowest BCUT2D eigenvalue weighted by Gasteiger charge is -2.34. The lowest BCUT2D eigenvalue weighted by molar-refractivity contribution is -0.157. The van der Waals surface area contributed by atoms with Crippen molar-refractivity contribution in [1.29, 1.82) is 0 Å². The van der Waals surface area contributed by atoms with Crippen LogP contribution in [0, 0.1) is 5.41 Å². The molecule has 140 valence electrons. The molecule has 1 N–H and O–H groups in total. The molecule has 2 heterocycles. The number of esters is 1. The van der Waals surface area contributed by atoms with Gasteiger partial charge in [0.25, 0.3) is 0 Å². The number of nitrogens with one attached hydrogen (secondary N) is 1. The van der Waals surface area contributed by atoms with Crippen LogP contribution in [0.4, 0.5) is 0 Å². The first-order chi connectivity index (χ1) is 13.2. The van der Waals surface area contributed by atoms with Crippen LogP contribution in [-0.4, -0.2) is 28.3 Å². The van der Waals surface area contributed by atoms with Crippen molar-refractivity contribution in [2.24, 2.45) is 5.41 Å². The van der Waals surface area contributed by atoms with Gasteiger partial charge in [0.15, 0.2) is 6.61 Å². The van der Waals surface area contributed by atoms with Crippen LogP contribution < -0.4 is 0 Å². The molecule has 27 heavy (non-hydrogen) atoms. The summed E-state index contributed by atoms with van der Waals surface area (Å²) >= 11 is 1.64. The molecule has 1 aliphatic rings. The maximum absolute atomic E-state index is 13.0. The molecule has 1 saturated carbocycles. The van der Waals surface area contributed by atoms with Gasteiger partial charge in [-0.1, -0.05) is 31.4 Å². The summed E-state index contributed by atoms with van der Waals surface area (Å²) in [6, 6.07) is 11.5. The van der Waals surface area contributed by atoms with Crippen molar-refractivity contribution in [2.45, 2.75) is 38.5 Å². The number of H-pyrrole nitrogens is 1. The van der Waals surface area contributed by atoms with E-state index in [1.165, 1.54) is 0 Å². The lowest BCUT2D eigenvalue weighted by Crippen LogP contribution is -2.38. The molecule has 6 heteroatoms. The number of ketones is 1. The van der Waals surface area contributed by atoms with Crippen molar-refractivity contribution < 1.29 is 14.3 Å². The number of fused-ring (bicyclic) bond motifs is 1. The Morgan fingerprint density at radius 1 is 1.11 bits per heavy atom. The number of aromatic nitrogens is 2. The number of ether oxygens (including phenoxy) is 1. The second-order valence-electron chi connectivity index (χ2n) is 7.18. The van der Waals surface area contributed by atoms with Gasteiger partial charge in [-0.3, -0.25) is 9.59 Å². The molecule has 1 fully saturated rings. The van der Waals surface area contributed by atoms with E-state index < -0.39 is 5.41 Å². The second-order valence-corrected chi connectivity index (χ2v) is 8.29. The molecule has 0 unspecified atom stereocenters. The summed E-state index contributed by atoms with van der Waals surface area (Å²) < 4.78 is 6.62. The summed E-state index contributed by atoms with van der Waals surface area (Å²) in [5, 5.41) is 0.964. The van der Waals surface area contributed by atoms with E-state index >= 15 is 0 Å². The van der Waals surface area contributed by atoms with Crippen molar-refractivity contribution >= 4 is 33.3 Å². The molecule has 0 atom stereocenters. The SMILES string of the molecule is O=C(COC(=O)C1(Cc2nc3ccccc3s2)CCCCC1)c1ccc[nH]1. The molecule has 1 aliphatic carbocycles. The molecular weight excluding hydrogens is 360 g/mol. The number of para-hydroxylation sites is 1. The number of aromatic amines is 1. The molecule has 0 saturated heterocycles. The minimum absolute atomic E-state index is 0.209. The van der Waals surface area contributed by atoms with E-state index in [1.54, 1.807) is 29.7 Å². The van der Waals surface area contributed by atoms with Gasteiger partial charge in [-0.25, -0.2) is 4.98 Å². The monoisotopic (exact) mass is 382 g/mol. The summed E-state index contributed by atoms with van der Waals surface area (Å²) in [5.41, 5.74) is 0.868. The molecular formula is C21H22N2O3S. The highest BCUT2D eigenvalue weighted by Gasteiger charge is 2.42. The molecule has 0 amide bonds. The minimum atomic E-state index is -0.567. The first-order valence-electron chi connectivity index (χ1n) is 9.35. The Hall–Kier alpha value is -2.47. The number of benzene rings is 1. The zero-order valence-electron chi connectivity index (χ0n) is 15.1. The Labute approximate surface area is 161 Å². The van der Waals surface area contributed by atoms with Gasteiger partial charge in [-0.15, -0.1) is 11.3 Å². The van der Waals surface area contributed by atoms with E-state index in [1.807, 2.05) is 18.2 Å². The zero-order chi connectivity index (χ0) is 18.7. The van der Waals surface area contributed by atoms with E-state index in [4.69, 9.17) is 9.72 Å². The third-order valence-electron chi connectivity index (χ3n) is 5.30. The van der Waals surface area contributed by atoms with Gasteiger partial charge in [-0.05, 0) is 37.1 Å². The number of thiazole rings is 1. The fraction of sp³-hybridized carbons (Fsp3) is 0.381. The second kappa shape index (κ2) is 7.64. The van der Waals surface area contributed by atoms with Crippen LogP contribution in [0.15, 0.2) is 42.6 Å². The Morgan fingerprint density at radius 3 is 2.67 bits per heavy atom. The summed E-state index contributed by atoms with van der Waals surface area (Å²) in [6.45, 7) is -0.221. The van der Waals surface area contributed by atoms with Crippen LogP contribution in [-0.2, 0) is 16.0 Å². The topological polar surface area (TPSA) is 72.1 Å². The van der Waals surface area contributed by atoms with E-state index in [-0.39, 0.29) is 18.4 Å². The smallest absolute Gasteiger partial charge is 0.312 e. The summed E-state index contributed by atoms with van der Waals surface area (Å²) in [4.78, 5) is 32.7. The summed E-state index contributed by atoms with van der Waals surface area (Å²) in [6.07, 6.45) is 7.00. The zero-order valence-corrected chi connectivity index (χ0v) is 15.9. The van der Waals surface area contributed by atoms with Crippen LogP contribution in [0.1, 0.15) is 47.6 Å². The number of carbonyl (C=O) groups excluding carboxylic acids is 2. The van der Waals surface area contributed by atoms with Crippen LogP contribution >= 0.6 is 11.3 Å². The first kappa shape index (κ1) is 17.9.